The first-order chi connectivity index (χ1) is 9.06. The molecule has 1 fully saturated rings. The van der Waals surface area contributed by atoms with Gasteiger partial charge in [-0.3, -0.25) is 0 Å². The fraction of sp³-hybridized carbons (Fsp3) is 0.538. The van der Waals surface area contributed by atoms with Crippen LogP contribution in [0, 0.1) is 11.7 Å². The fourth-order valence-corrected chi connectivity index (χ4v) is 2.43. The highest BCUT2D eigenvalue weighted by molar-refractivity contribution is 5.93. The summed E-state index contributed by atoms with van der Waals surface area (Å²) in [4.78, 5) is 14.8. The van der Waals surface area contributed by atoms with Crippen LogP contribution in [0.3, 0.4) is 0 Å². The zero-order chi connectivity index (χ0) is 13.8. The monoisotopic (exact) mass is 268 g/mol. The molecule has 19 heavy (non-hydrogen) atoms. The molecule has 5 nitrogen and oxygen atoms in total. The van der Waals surface area contributed by atoms with E-state index in [1.54, 1.807) is 0 Å². The van der Waals surface area contributed by atoms with E-state index in [1.165, 1.54) is 0 Å². The molecule has 0 aromatic carbocycles. The molecule has 0 amide bonds. The number of aromatic nitrogens is 1. The van der Waals surface area contributed by atoms with Crippen LogP contribution in [0.25, 0.3) is 0 Å². The Morgan fingerprint density at radius 1 is 1.53 bits per heavy atom. The van der Waals surface area contributed by atoms with Crippen LogP contribution in [0.4, 0.5) is 10.2 Å². The molecule has 0 radical (unpaired) electrons. The maximum Gasteiger partial charge on any atom is 0.339 e. The molecular weight excluding hydrogens is 251 g/mol. The van der Waals surface area contributed by atoms with E-state index in [2.05, 4.69) is 10.3 Å². The first kappa shape index (κ1) is 13.7. The number of anilines is 1. The molecule has 1 heterocycles. The van der Waals surface area contributed by atoms with E-state index in [1.807, 2.05) is 0 Å². The number of carboxylic acids is 1. The normalized spacial score (nSPS) is 23.1. The Labute approximate surface area is 110 Å². The van der Waals surface area contributed by atoms with Crippen molar-refractivity contribution >= 4 is 11.8 Å². The predicted molar refractivity (Wildman–Crippen MR) is 67.6 cm³/mol. The Balaban J connectivity index is 2.01. The highest BCUT2D eigenvalue weighted by Gasteiger charge is 2.21. The van der Waals surface area contributed by atoms with Crippen LogP contribution in [-0.2, 0) is 0 Å². The SMILES string of the molecule is O=C(O)c1cc(F)cnc1NCC1CCCC(O)C1. The summed E-state index contributed by atoms with van der Waals surface area (Å²) in [7, 11) is 0. The summed E-state index contributed by atoms with van der Waals surface area (Å²) in [6.07, 6.45) is 4.21. The Bertz CT molecular complexity index is 467. The average Bonchev–Trinajstić information content (AvgIpc) is 2.37. The molecule has 2 atom stereocenters. The van der Waals surface area contributed by atoms with Gasteiger partial charge in [0.25, 0.3) is 0 Å². The number of nitrogens with one attached hydrogen (secondary N) is 1. The van der Waals surface area contributed by atoms with Gasteiger partial charge in [0.05, 0.1) is 12.3 Å². The van der Waals surface area contributed by atoms with Crippen molar-refractivity contribution in [1.29, 1.82) is 0 Å². The number of hydrogen-bond donors (Lipinski definition) is 3. The summed E-state index contributed by atoms with van der Waals surface area (Å²) in [5, 5.41) is 21.5. The topological polar surface area (TPSA) is 82.5 Å². The molecule has 2 rings (SSSR count). The molecule has 0 saturated heterocycles. The Kier molecular flexibility index (Phi) is 4.31. The number of rotatable bonds is 4. The number of aliphatic hydroxyl groups is 1. The lowest BCUT2D eigenvalue weighted by molar-refractivity contribution is 0.0696. The predicted octanol–water partition coefficient (Wildman–Crippen LogP) is 1.88. The third kappa shape index (κ3) is 3.64. The number of nitrogens with zero attached hydrogens (tertiary/aromatic N) is 1. The van der Waals surface area contributed by atoms with Crippen LogP contribution in [0.1, 0.15) is 36.0 Å². The fourth-order valence-electron chi connectivity index (χ4n) is 2.43. The van der Waals surface area contributed by atoms with E-state index in [4.69, 9.17) is 5.11 Å². The van der Waals surface area contributed by atoms with Gasteiger partial charge in [-0.1, -0.05) is 6.42 Å². The number of halogens is 1. The second-order valence-corrected chi connectivity index (χ2v) is 4.92. The highest BCUT2D eigenvalue weighted by atomic mass is 19.1. The maximum atomic E-state index is 13.0. The maximum absolute atomic E-state index is 13.0. The summed E-state index contributed by atoms with van der Waals surface area (Å²) in [5.74, 6) is -1.42. The molecule has 1 aliphatic carbocycles. The summed E-state index contributed by atoms with van der Waals surface area (Å²) in [5.41, 5.74) is -0.170. The van der Waals surface area contributed by atoms with Gasteiger partial charge in [0.15, 0.2) is 0 Å². The summed E-state index contributed by atoms with van der Waals surface area (Å²) in [6.45, 7) is 0.538. The molecule has 6 heteroatoms. The van der Waals surface area contributed by atoms with Gasteiger partial charge in [-0.15, -0.1) is 0 Å². The van der Waals surface area contributed by atoms with Gasteiger partial charge in [0.1, 0.15) is 17.2 Å². The van der Waals surface area contributed by atoms with Gasteiger partial charge in [-0.2, -0.15) is 0 Å². The number of carbonyl (C=O) groups is 1. The van der Waals surface area contributed by atoms with Gasteiger partial charge >= 0.3 is 5.97 Å². The molecule has 0 aliphatic heterocycles. The van der Waals surface area contributed by atoms with Crippen molar-refractivity contribution < 1.29 is 19.4 Å². The van der Waals surface area contributed by atoms with Crippen LogP contribution >= 0.6 is 0 Å². The van der Waals surface area contributed by atoms with Crippen molar-refractivity contribution in [2.75, 3.05) is 11.9 Å². The first-order valence-electron chi connectivity index (χ1n) is 6.37. The number of hydrogen-bond acceptors (Lipinski definition) is 4. The molecule has 0 bridgehead atoms. The lowest BCUT2D eigenvalue weighted by atomic mass is 9.87. The molecule has 1 aliphatic rings. The largest absolute Gasteiger partial charge is 0.478 e. The minimum atomic E-state index is -1.21. The molecule has 104 valence electrons. The van der Waals surface area contributed by atoms with E-state index < -0.39 is 11.8 Å². The van der Waals surface area contributed by atoms with Gasteiger partial charge in [0, 0.05) is 6.54 Å². The first-order valence-corrected chi connectivity index (χ1v) is 6.37. The highest BCUT2D eigenvalue weighted by Crippen LogP contribution is 2.25. The quantitative estimate of drug-likeness (QED) is 0.776. The number of aromatic carboxylic acids is 1. The van der Waals surface area contributed by atoms with Crippen molar-refractivity contribution in [1.82, 2.24) is 4.98 Å². The molecule has 1 saturated carbocycles. The zero-order valence-electron chi connectivity index (χ0n) is 10.5. The van der Waals surface area contributed by atoms with Gasteiger partial charge in [-0.05, 0) is 31.2 Å². The summed E-state index contributed by atoms with van der Waals surface area (Å²) in [6, 6.07) is 0.952. The van der Waals surface area contributed by atoms with E-state index in [-0.39, 0.29) is 23.4 Å². The van der Waals surface area contributed by atoms with Crippen LogP contribution < -0.4 is 5.32 Å². The van der Waals surface area contributed by atoms with Crippen molar-refractivity contribution in [2.45, 2.75) is 31.8 Å². The van der Waals surface area contributed by atoms with Gasteiger partial charge in [-0.25, -0.2) is 14.2 Å². The van der Waals surface area contributed by atoms with E-state index in [0.29, 0.717) is 13.0 Å². The average molecular weight is 268 g/mol. The molecule has 0 spiro atoms. The standard InChI is InChI=1S/C13H17FN2O3/c14-9-5-11(13(18)19)12(16-7-9)15-6-8-2-1-3-10(17)4-8/h5,7-8,10,17H,1-4,6H2,(H,15,16)(H,18,19). The number of aliphatic hydroxyl groups excluding tert-OH is 1. The van der Waals surface area contributed by atoms with Crippen LogP contribution in [0.5, 0.6) is 0 Å². The smallest absolute Gasteiger partial charge is 0.339 e. The van der Waals surface area contributed by atoms with E-state index in [0.717, 1.165) is 31.5 Å². The Morgan fingerprint density at radius 2 is 2.32 bits per heavy atom. The lowest BCUT2D eigenvalue weighted by Gasteiger charge is -2.26. The molecule has 2 unspecified atom stereocenters. The minimum Gasteiger partial charge on any atom is -0.478 e. The lowest BCUT2D eigenvalue weighted by Crippen LogP contribution is -2.25. The molecule has 1 aromatic rings. The molecular formula is C13H17FN2O3. The third-order valence-electron chi connectivity index (χ3n) is 3.40. The summed E-state index contributed by atoms with van der Waals surface area (Å²) >= 11 is 0. The van der Waals surface area contributed by atoms with Gasteiger partial charge in [0.2, 0.25) is 0 Å². The van der Waals surface area contributed by atoms with Crippen LogP contribution in [0.15, 0.2) is 12.3 Å². The van der Waals surface area contributed by atoms with E-state index >= 15 is 0 Å². The van der Waals surface area contributed by atoms with Crippen molar-refractivity contribution in [3.63, 3.8) is 0 Å². The number of carboxylic acid groups (broad SMARTS) is 1. The molecule has 3 N–H and O–H groups in total. The van der Waals surface area contributed by atoms with Crippen molar-refractivity contribution in [3.05, 3.63) is 23.6 Å². The second-order valence-electron chi connectivity index (χ2n) is 4.92. The third-order valence-corrected chi connectivity index (χ3v) is 3.40. The Morgan fingerprint density at radius 3 is 3.00 bits per heavy atom. The van der Waals surface area contributed by atoms with Crippen molar-refractivity contribution in [2.24, 2.45) is 5.92 Å². The van der Waals surface area contributed by atoms with Gasteiger partial charge < -0.3 is 15.5 Å². The minimum absolute atomic E-state index is 0.170. The van der Waals surface area contributed by atoms with Crippen LogP contribution in [-0.4, -0.2) is 33.8 Å². The second kappa shape index (κ2) is 5.97. The summed E-state index contributed by atoms with van der Waals surface area (Å²) < 4.78 is 13.0. The molecule has 1 aromatic heterocycles. The van der Waals surface area contributed by atoms with Crippen molar-refractivity contribution in [3.8, 4) is 0 Å². The number of pyridine rings is 1. The van der Waals surface area contributed by atoms with Crippen LogP contribution in [0.2, 0.25) is 0 Å². The zero-order valence-corrected chi connectivity index (χ0v) is 10.5. The Hall–Kier alpha value is -1.69. The van der Waals surface area contributed by atoms with E-state index in [9.17, 15) is 14.3 Å².